The number of Topliss-reactive ketones (excluding diaryl/α,β-unsaturated/α-hetero) is 1. The SMILES string of the molecule is CC1(C)CCC[C@]2(C)C/C(=C\c3ccccc3)C(=O)C[C@@H]12. The van der Waals surface area contributed by atoms with Crippen molar-refractivity contribution < 1.29 is 4.79 Å². The van der Waals surface area contributed by atoms with Gasteiger partial charge in [0.1, 0.15) is 0 Å². The van der Waals surface area contributed by atoms with Crippen molar-refractivity contribution in [2.24, 2.45) is 16.7 Å². The van der Waals surface area contributed by atoms with E-state index >= 15 is 0 Å². The van der Waals surface area contributed by atoms with E-state index in [2.05, 4.69) is 39.0 Å². The van der Waals surface area contributed by atoms with Gasteiger partial charge in [-0.2, -0.15) is 0 Å². The minimum absolute atomic E-state index is 0.302. The Bertz CT molecular complexity index is 567. The van der Waals surface area contributed by atoms with Gasteiger partial charge in [0.2, 0.25) is 0 Å². The van der Waals surface area contributed by atoms with E-state index in [4.69, 9.17) is 0 Å². The largest absolute Gasteiger partial charge is 0.295 e. The number of allylic oxidation sites excluding steroid dienone is 1. The molecule has 0 spiro atoms. The molecule has 2 atom stereocenters. The fraction of sp³-hybridized carbons (Fsp3) is 0.550. The van der Waals surface area contributed by atoms with Gasteiger partial charge in [-0.25, -0.2) is 0 Å². The zero-order valence-corrected chi connectivity index (χ0v) is 13.5. The molecule has 0 aromatic heterocycles. The molecule has 2 fully saturated rings. The van der Waals surface area contributed by atoms with Gasteiger partial charge in [-0.05, 0) is 53.2 Å². The molecule has 0 amide bonds. The highest BCUT2D eigenvalue weighted by molar-refractivity contribution is 6.00. The highest BCUT2D eigenvalue weighted by Crippen LogP contribution is 2.57. The van der Waals surface area contributed by atoms with Crippen LogP contribution in [-0.4, -0.2) is 5.78 Å². The third-order valence-electron chi connectivity index (χ3n) is 5.84. The Hall–Kier alpha value is -1.37. The smallest absolute Gasteiger partial charge is 0.159 e. The Morgan fingerprint density at radius 2 is 1.81 bits per heavy atom. The van der Waals surface area contributed by atoms with Crippen LogP contribution in [0.5, 0.6) is 0 Å². The molecule has 1 nitrogen and oxygen atoms in total. The highest BCUT2D eigenvalue weighted by Gasteiger charge is 2.50. The monoisotopic (exact) mass is 282 g/mol. The summed E-state index contributed by atoms with van der Waals surface area (Å²) in [6, 6.07) is 10.3. The van der Waals surface area contributed by atoms with Crippen LogP contribution in [0.3, 0.4) is 0 Å². The van der Waals surface area contributed by atoms with Crippen molar-refractivity contribution in [1.82, 2.24) is 0 Å². The third-order valence-corrected chi connectivity index (χ3v) is 5.84. The zero-order valence-electron chi connectivity index (χ0n) is 13.5. The summed E-state index contributed by atoms with van der Waals surface area (Å²) in [7, 11) is 0. The fourth-order valence-electron chi connectivity index (χ4n) is 4.71. The highest BCUT2D eigenvalue weighted by atomic mass is 16.1. The zero-order chi connectivity index (χ0) is 15.1. The Labute approximate surface area is 128 Å². The van der Waals surface area contributed by atoms with Gasteiger partial charge in [-0.3, -0.25) is 4.79 Å². The molecule has 2 saturated carbocycles. The molecule has 21 heavy (non-hydrogen) atoms. The van der Waals surface area contributed by atoms with Gasteiger partial charge in [0.25, 0.3) is 0 Å². The number of hydrogen-bond acceptors (Lipinski definition) is 1. The molecule has 1 aromatic rings. The van der Waals surface area contributed by atoms with E-state index in [1.807, 2.05) is 18.2 Å². The summed E-state index contributed by atoms with van der Waals surface area (Å²) in [4.78, 5) is 12.6. The van der Waals surface area contributed by atoms with E-state index in [0.29, 0.717) is 22.5 Å². The first-order valence-corrected chi connectivity index (χ1v) is 8.20. The van der Waals surface area contributed by atoms with E-state index in [1.54, 1.807) is 0 Å². The van der Waals surface area contributed by atoms with Crippen molar-refractivity contribution in [3.63, 3.8) is 0 Å². The lowest BCUT2D eigenvalue weighted by molar-refractivity contribution is -0.125. The maximum absolute atomic E-state index is 12.6. The first-order chi connectivity index (χ1) is 9.91. The van der Waals surface area contributed by atoms with Crippen LogP contribution in [0.1, 0.15) is 58.4 Å². The van der Waals surface area contributed by atoms with E-state index < -0.39 is 0 Å². The molecule has 0 radical (unpaired) electrons. The van der Waals surface area contributed by atoms with Crippen molar-refractivity contribution in [2.45, 2.75) is 52.9 Å². The molecular formula is C20H26O. The Morgan fingerprint density at radius 3 is 2.52 bits per heavy atom. The molecule has 112 valence electrons. The molecule has 0 saturated heterocycles. The van der Waals surface area contributed by atoms with Gasteiger partial charge in [-0.15, -0.1) is 0 Å². The van der Waals surface area contributed by atoms with E-state index in [0.717, 1.165) is 24.0 Å². The van der Waals surface area contributed by atoms with Gasteiger partial charge >= 0.3 is 0 Å². The second-order valence-corrected chi connectivity index (χ2v) is 7.93. The average molecular weight is 282 g/mol. The second kappa shape index (κ2) is 5.12. The summed E-state index contributed by atoms with van der Waals surface area (Å²) in [6.07, 6.45) is 7.63. The third kappa shape index (κ3) is 2.71. The normalized spacial score (nSPS) is 33.8. The standard InChI is InChI=1S/C20H26O/c1-19(2)10-7-11-20(3)14-16(17(21)13-18(19)20)12-15-8-5-4-6-9-15/h4-6,8-9,12,18H,7,10-11,13-14H2,1-3H3/b16-12+/t18-,20+/m0/s1. The minimum atomic E-state index is 0.302. The van der Waals surface area contributed by atoms with Crippen LogP contribution in [-0.2, 0) is 4.79 Å². The summed E-state index contributed by atoms with van der Waals surface area (Å²) in [5.41, 5.74) is 2.80. The fourth-order valence-corrected chi connectivity index (χ4v) is 4.71. The molecule has 0 unspecified atom stereocenters. The van der Waals surface area contributed by atoms with Gasteiger partial charge in [0.05, 0.1) is 0 Å². The Kier molecular flexibility index (Phi) is 3.55. The summed E-state index contributed by atoms with van der Waals surface area (Å²) in [5, 5.41) is 0. The number of fused-ring (bicyclic) bond motifs is 1. The number of ketones is 1. The first kappa shape index (κ1) is 14.6. The number of rotatable bonds is 1. The maximum atomic E-state index is 12.6. The van der Waals surface area contributed by atoms with Crippen LogP contribution >= 0.6 is 0 Å². The number of hydrogen-bond donors (Lipinski definition) is 0. The maximum Gasteiger partial charge on any atom is 0.159 e. The molecule has 0 bridgehead atoms. The first-order valence-electron chi connectivity index (χ1n) is 8.20. The lowest BCUT2D eigenvalue weighted by atomic mass is 9.51. The average Bonchev–Trinajstić information content (AvgIpc) is 2.42. The quantitative estimate of drug-likeness (QED) is 0.642. The van der Waals surface area contributed by atoms with Gasteiger partial charge in [0, 0.05) is 6.42 Å². The predicted octanol–water partition coefficient (Wildman–Crippen LogP) is 5.27. The van der Waals surface area contributed by atoms with Gasteiger partial charge in [0.15, 0.2) is 5.78 Å². The van der Waals surface area contributed by atoms with Crippen molar-refractivity contribution in [1.29, 1.82) is 0 Å². The molecule has 1 heteroatoms. The molecule has 0 N–H and O–H groups in total. The second-order valence-electron chi connectivity index (χ2n) is 7.93. The summed E-state index contributed by atoms with van der Waals surface area (Å²) in [5.74, 6) is 0.912. The van der Waals surface area contributed by atoms with Crippen LogP contribution in [0.15, 0.2) is 35.9 Å². The molecule has 2 aliphatic carbocycles. The number of carbonyl (C=O) groups excluding carboxylic acids is 1. The van der Waals surface area contributed by atoms with Crippen molar-refractivity contribution in [3.05, 3.63) is 41.5 Å². The molecule has 3 rings (SSSR count). The number of benzene rings is 1. The Morgan fingerprint density at radius 1 is 1.10 bits per heavy atom. The predicted molar refractivity (Wildman–Crippen MR) is 87.9 cm³/mol. The molecule has 2 aliphatic rings. The van der Waals surface area contributed by atoms with Crippen LogP contribution in [0.25, 0.3) is 6.08 Å². The van der Waals surface area contributed by atoms with Crippen LogP contribution in [0.4, 0.5) is 0 Å². The van der Waals surface area contributed by atoms with Crippen LogP contribution in [0, 0.1) is 16.7 Å². The molecule has 0 aliphatic heterocycles. The summed E-state index contributed by atoms with van der Waals surface area (Å²) in [6.45, 7) is 7.12. The minimum Gasteiger partial charge on any atom is -0.295 e. The van der Waals surface area contributed by atoms with E-state index in [-0.39, 0.29) is 0 Å². The van der Waals surface area contributed by atoms with Crippen LogP contribution < -0.4 is 0 Å². The molecule has 0 heterocycles. The summed E-state index contributed by atoms with van der Waals surface area (Å²) >= 11 is 0. The Balaban J connectivity index is 1.91. The van der Waals surface area contributed by atoms with Gasteiger partial charge in [-0.1, -0.05) is 57.5 Å². The van der Waals surface area contributed by atoms with Crippen LogP contribution in [0.2, 0.25) is 0 Å². The van der Waals surface area contributed by atoms with Gasteiger partial charge < -0.3 is 0 Å². The molecule has 1 aromatic carbocycles. The van der Waals surface area contributed by atoms with E-state index in [9.17, 15) is 4.79 Å². The number of carbonyl (C=O) groups is 1. The summed E-state index contributed by atoms with van der Waals surface area (Å²) < 4.78 is 0. The van der Waals surface area contributed by atoms with Crippen molar-refractivity contribution in [2.75, 3.05) is 0 Å². The van der Waals surface area contributed by atoms with Crippen molar-refractivity contribution in [3.8, 4) is 0 Å². The lowest BCUT2D eigenvalue weighted by Gasteiger charge is -2.53. The lowest BCUT2D eigenvalue weighted by Crippen LogP contribution is -2.46. The van der Waals surface area contributed by atoms with Crippen molar-refractivity contribution >= 4 is 11.9 Å². The molecular weight excluding hydrogens is 256 g/mol. The van der Waals surface area contributed by atoms with E-state index in [1.165, 1.54) is 19.3 Å². The topological polar surface area (TPSA) is 17.1 Å².